The van der Waals surface area contributed by atoms with Gasteiger partial charge in [-0.25, -0.2) is 4.39 Å². The normalized spacial score (nSPS) is 16.1. The molecule has 1 aliphatic carbocycles. The first-order valence-electron chi connectivity index (χ1n) is 9.62. The summed E-state index contributed by atoms with van der Waals surface area (Å²) in [6.07, 6.45) is 6.29. The number of nitrogens with zero attached hydrogens (tertiary/aromatic N) is 1. The predicted molar refractivity (Wildman–Crippen MR) is 118 cm³/mol. The fourth-order valence-electron chi connectivity index (χ4n) is 4.17. The third kappa shape index (κ3) is 3.42. The molecule has 1 amide bonds. The van der Waals surface area contributed by atoms with Gasteiger partial charge >= 0.3 is 0 Å². The van der Waals surface area contributed by atoms with Gasteiger partial charge in [-0.05, 0) is 42.8 Å². The molecule has 1 aromatic carbocycles. The number of fused-ring (bicyclic) bond motifs is 1. The van der Waals surface area contributed by atoms with E-state index >= 15 is 0 Å². The topological polar surface area (TPSA) is 95.1 Å². The third-order valence-corrected chi connectivity index (χ3v) is 6.74. The first-order valence-corrected chi connectivity index (χ1v) is 10.4. The number of H-pyrrole nitrogens is 1. The Labute approximate surface area is 175 Å². The molecular weight excluding hydrogens is 393 g/mol. The van der Waals surface area contributed by atoms with Crippen LogP contribution in [-0.2, 0) is 5.41 Å². The predicted octanol–water partition coefficient (Wildman–Crippen LogP) is 5.35. The molecular formula is C21H28FN3O3S. The number of carbonyl (C=O) groups is 1. The van der Waals surface area contributed by atoms with Crippen molar-refractivity contribution in [2.24, 2.45) is 0 Å². The number of benzene rings is 1. The van der Waals surface area contributed by atoms with Crippen LogP contribution in [0.5, 0.6) is 5.75 Å². The number of aromatic hydroxyl groups is 1. The van der Waals surface area contributed by atoms with Crippen molar-refractivity contribution in [1.82, 2.24) is 9.36 Å². The van der Waals surface area contributed by atoms with Crippen molar-refractivity contribution in [1.29, 1.82) is 0 Å². The number of aromatic amines is 1. The van der Waals surface area contributed by atoms with Gasteiger partial charge in [0.2, 0.25) is 5.43 Å². The molecule has 1 saturated carbocycles. The second-order valence-corrected chi connectivity index (χ2v) is 8.70. The number of amides is 1. The first-order chi connectivity index (χ1) is 13.8. The Bertz CT molecular complexity index is 1180. The molecule has 3 N–H and O–H groups in total. The minimum atomic E-state index is -0.742. The molecule has 1 aliphatic rings. The molecule has 4 rings (SSSR count). The maximum Gasteiger partial charge on any atom is 0.261 e. The number of hydrogen-bond donors (Lipinski definition) is 3. The summed E-state index contributed by atoms with van der Waals surface area (Å²) in [7, 11) is 0. The lowest BCUT2D eigenvalue weighted by molar-refractivity contribution is 0.102. The van der Waals surface area contributed by atoms with Gasteiger partial charge in [-0.2, -0.15) is 4.37 Å². The van der Waals surface area contributed by atoms with Crippen LogP contribution in [0.3, 0.4) is 0 Å². The number of anilines is 1. The van der Waals surface area contributed by atoms with Crippen LogP contribution in [-0.4, -0.2) is 20.4 Å². The highest BCUT2D eigenvalue weighted by Gasteiger charge is 2.32. The van der Waals surface area contributed by atoms with E-state index in [-0.39, 0.29) is 26.7 Å². The number of rotatable bonds is 3. The van der Waals surface area contributed by atoms with E-state index in [1.54, 1.807) is 6.92 Å². The zero-order valence-corrected chi connectivity index (χ0v) is 17.1. The lowest BCUT2D eigenvalue weighted by atomic mass is 9.70. The smallest absolute Gasteiger partial charge is 0.261 e. The van der Waals surface area contributed by atoms with Crippen LogP contribution in [0.25, 0.3) is 10.2 Å². The van der Waals surface area contributed by atoms with Gasteiger partial charge in [0.25, 0.3) is 5.91 Å². The van der Waals surface area contributed by atoms with Crippen molar-refractivity contribution in [3.05, 3.63) is 51.2 Å². The van der Waals surface area contributed by atoms with E-state index in [0.717, 1.165) is 43.6 Å². The number of aryl methyl sites for hydroxylation is 1. The van der Waals surface area contributed by atoms with Crippen LogP contribution in [0.4, 0.5) is 10.1 Å². The Kier molecular flexibility index (Phi) is 4.90. The summed E-state index contributed by atoms with van der Waals surface area (Å²) >= 11 is 1.14. The summed E-state index contributed by atoms with van der Waals surface area (Å²) < 4.78 is 18.9. The van der Waals surface area contributed by atoms with Crippen LogP contribution in [0.1, 0.15) is 64.9 Å². The Hall–Kier alpha value is -2.74. The molecule has 2 aromatic heterocycles. The maximum absolute atomic E-state index is 14.8. The molecule has 0 saturated heterocycles. The summed E-state index contributed by atoms with van der Waals surface area (Å²) in [5, 5.41) is 13.3. The van der Waals surface area contributed by atoms with Gasteiger partial charge in [-0.15, -0.1) is 0 Å². The summed E-state index contributed by atoms with van der Waals surface area (Å²) in [5.41, 5.74) is 0.0655. The highest BCUT2D eigenvalue weighted by Crippen LogP contribution is 2.44. The highest BCUT2D eigenvalue weighted by molar-refractivity contribution is 7.12. The Morgan fingerprint density at radius 1 is 1.34 bits per heavy atom. The molecule has 0 spiro atoms. The number of phenols is 1. The van der Waals surface area contributed by atoms with Gasteiger partial charge in [0.1, 0.15) is 22.0 Å². The highest BCUT2D eigenvalue weighted by atomic mass is 32.1. The maximum atomic E-state index is 14.8. The van der Waals surface area contributed by atoms with Crippen molar-refractivity contribution in [2.45, 2.75) is 51.4 Å². The van der Waals surface area contributed by atoms with E-state index in [2.05, 4.69) is 14.7 Å². The number of aromatic nitrogens is 2. The number of halogens is 1. The summed E-state index contributed by atoms with van der Waals surface area (Å²) in [5.74, 6) is -1.43. The molecule has 3 aromatic rings. The van der Waals surface area contributed by atoms with E-state index in [1.807, 2.05) is 6.92 Å². The average molecular weight is 422 g/mol. The second kappa shape index (κ2) is 7.26. The van der Waals surface area contributed by atoms with Crippen LogP contribution in [0.2, 0.25) is 0 Å². The monoisotopic (exact) mass is 421 g/mol. The molecule has 0 bridgehead atoms. The molecule has 6 nitrogen and oxygen atoms in total. The molecule has 158 valence electrons. The molecule has 0 atom stereocenters. The lowest BCUT2D eigenvalue weighted by Gasteiger charge is -2.34. The van der Waals surface area contributed by atoms with Crippen molar-refractivity contribution in [2.75, 3.05) is 5.32 Å². The molecule has 0 unspecified atom stereocenters. The minimum Gasteiger partial charge on any atom is -0.508 e. The Morgan fingerprint density at radius 3 is 2.79 bits per heavy atom. The van der Waals surface area contributed by atoms with Gasteiger partial charge in [0.15, 0.2) is 0 Å². The fraction of sp³-hybridized carbons (Fsp3) is 0.381. The number of carbonyl (C=O) groups excluding carboxylic acids is 1. The fourth-order valence-corrected chi connectivity index (χ4v) is 4.94. The van der Waals surface area contributed by atoms with Crippen LogP contribution >= 0.6 is 11.5 Å². The van der Waals surface area contributed by atoms with Crippen LogP contribution in [0, 0.1) is 12.7 Å². The molecule has 1 fully saturated rings. The number of phenolic OH excluding ortho intramolecular Hbond substituents is 1. The summed E-state index contributed by atoms with van der Waals surface area (Å²) in [4.78, 5) is 28.7. The zero-order valence-electron chi connectivity index (χ0n) is 16.3. The van der Waals surface area contributed by atoms with Crippen molar-refractivity contribution < 1.29 is 18.6 Å². The molecule has 0 radical (unpaired) electrons. The average Bonchev–Trinajstić information content (AvgIpc) is 3.07. The molecule has 29 heavy (non-hydrogen) atoms. The van der Waals surface area contributed by atoms with Crippen molar-refractivity contribution in [3.63, 3.8) is 0 Å². The van der Waals surface area contributed by atoms with Gasteiger partial charge in [-0.3, -0.25) is 9.59 Å². The second-order valence-electron chi connectivity index (χ2n) is 7.93. The van der Waals surface area contributed by atoms with Crippen LogP contribution < -0.4 is 10.7 Å². The third-order valence-electron chi connectivity index (χ3n) is 5.87. The van der Waals surface area contributed by atoms with Crippen LogP contribution in [0.15, 0.2) is 23.1 Å². The Morgan fingerprint density at radius 2 is 2.07 bits per heavy atom. The molecule has 2 heterocycles. The number of pyridine rings is 1. The van der Waals surface area contributed by atoms with Crippen molar-refractivity contribution in [3.8, 4) is 5.75 Å². The summed E-state index contributed by atoms with van der Waals surface area (Å²) in [6.45, 7) is 3.73. The SMILES string of the molecule is Cc1nsc2[nH]cc(C(=O)Nc3cc(O)c(C4(C)CCCCC4)cc3F)c(=O)c12.[HH].[HH].[HH]. The quantitative estimate of drug-likeness (QED) is 0.531. The Balaban J connectivity index is 0.00000171. The largest absolute Gasteiger partial charge is 0.508 e. The lowest BCUT2D eigenvalue weighted by Crippen LogP contribution is -2.26. The van der Waals surface area contributed by atoms with Gasteiger partial charge < -0.3 is 15.4 Å². The van der Waals surface area contributed by atoms with Gasteiger partial charge in [-0.1, -0.05) is 26.2 Å². The molecule has 8 heteroatoms. The van der Waals surface area contributed by atoms with E-state index < -0.39 is 17.2 Å². The van der Waals surface area contributed by atoms with E-state index in [4.69, 9.17) is 0 Å². The summed E-state index contributed by atoms with van der Waals surface area (Å²) in [6, 6.07) is 2.53. The van der Waals surface area contributed by atoms with Crippen molar-refractivity contribution >= 4 is 33.3 Å². The number of hydrogen-bond acceptors (Lipinski definition) is 5. The van der Waals surface area contributed by atoms with E-state index in [0.29, 0.717) is 21.5 Å². The minimum absolute atomic E-state index is 0. The number of nitrogens with one attached hydrogen (secondary N) is 2. The van der Waals surface area contributed by atoms with E-state index in [1.165, 1.54) is 18.3 Å². The van der Waals surface area contributed by atoms with Gasteiger partial charge in [0.05, 0.1) is 16.8 Å². The van der Waals surface area contributed by atoms with Gasteiger partial charge in [0, 0.05) is 22.1 Å². The first kappa shape index (κ1) is 19.6. The standard InChI is InChI=1S/C21H22FN3O3S.3H2/c1-11-17-18(27)12(10-23-20(17)29-25-11)19(28)24-15-9-16(26)13(8-14(15)22)21(2)6-4-3-5-7-21;;;/h8-10,26H,3-7H2,1-2H3,(H,23,27)(H,24,28);3*1H. The van der Waals surface area contributed by atoms with E-state index in [9.17, 15) is 19.1 Å². The zero-order chi connectivity index (χ0) is 20.8. The molecule has 0 aliphatic heterocycles.